The van der Waals surface area contributed by atoms with Crippen molar-refractivity contribution in [2.45, 2.75) is 23.8 Å². The second-order valence-electron chi connectivity index (χ2n) is 6.96. The Labute approximate surface area is 190 Å². The number of aromatic nitrogens is 2. The summed E-state index contributed by atoms with van der Waals surface area (Å²) in [5.41, 5.74) is 2.91. The van der Waals surface area contributed by atoms with Gasteiger partial charge >= 0.3 is 5.97 Å². The van der Waals surface area contributed by atoms with Crippen molar-refractivity contribution in [3.8, 4) is 17.2 Å². The summed E-state index contributed by atoms with van der Waals surface area (Å²) in [6, 6.07) is 11.6. The van der Waals surface area contributed by atoms with E-state index in [0.29, 0.717) is 23.1 Å². The number of carbonyl (C=O) groups excluding carboxylic acids is 1. The van der Waals surface area contributed by atoms with Crippen LogP contribution in [0.4, 0.5) is 0 Å². The number of hydrogen-bond donors (Lipinski definition) is 0. The summed E-state index contributed by atoms with van der Waals surface area (Å²) < 4.78 is 18.5. The zero-order valence-electron chi connectivity index (χ0n) is 17.5. The minimum Gasteiger partial charge on any atom is -0.493 e. The van der Waals surface area contributed by atoms with Crippen LogP contribution < -0.4 is 9.47 Å². The molecule has 31 heavy (non-hydrogen) atoms. The Bertz CT molecular complexity index is 1100. The smallest absolute Gasteiger partial charge is 0.307 e. The van der Waals surface area contributed by atoms with Gasteiger partial charge in [0, 0.05) is 23.0 Å². The Hall–Kier alpha value is -2.64. The molecule has 8 heteroatoms. The van der Waals surface area contributed by atoms with Gasteiger partial charge in [-0.2, -0.15) is 0 Å². The zero-order valence-corrected chi connectivity index (χ0v) is 19.1. The van der Waals surface area contributed by atoms with E-state index in [2.05, 4.69) is 4.98 Å². The van der Waals surface area contributed by atoms with Gasteiger partial charge in [0.1, 0.15) is 5.82 Å². The summed E-state index contributed by atoms with van der Waals surface area (Å²) in [5, 5.41) is 0.248. The molecule has 162 valence electrons. The monoisotopic (exact) mass is 458 g/mol. The van der Waals surface area contributed by atoms with Crippen molar-refractivity contribution >= 4 is 29.3 Å². The van der Waals surface area contributed by atoms with Crippen molar-refractivity contribution in [1.29, 1.82) is 0 Å². The van der Waals surface area contributed by atoms with Gasteiger partial charge in [0.15, 0.2) is 11.5 Å². The van der Waals surface area contributed by atoms with Crippen molar-refractivity contribution in [2.24, 2.45) is 0 Å². The highest BCUT2D eigenvalue weighted by Gasteiger charge is 2.34. The predicted molar refractivity (Wildman–Crippen MR) is 122 cm³/mol. The van der Waals surface area contributed by atoms with Crippen LogP contribution in [-0.2, 0) is 9.53 Å². The standard InChI is InChI=1S/C23H23ClN2O4S/c1-4-30-20(27)13-19-23-25-10-11-26(23)17-9-8-14(24)12-16(17)22(31-19)15-6-5-7-18(28-2)21(15)29-3/h5-12,19,22H,4,13H2,1-3H3/t19-,22-/m1/s1. The van der Waals surface area contributed by atoms with Gasteiger partial charge in [0.2, 0.25) is 0 Å². The fourth-order valence-corrected chi connectivity index (χ4v) is 5.59. The highest BCUT2D eigenvalue weighted by Crippen LogP contribution is 2.53. The molecule has 3 aromatic rings. The van der Waals surface area contributed by atoms with Crippen molar-refractivity contribution in [1.82, 2.24) is 9.55 Å². The Morgan fingerprint density at radius 1 is 1.19 bits per heavy atom. The number of ether oxygens (including phenoxy) is 3. The second-order valence-corrected chi connectivity index (χ2v) is 8.70. The Kier molecular flexibility index (Phi) is 6.43. The van der Waals surface area contributed by atoms with Crippen LogP contribution >= 0.6 is 23.4 Å². The molecule has 0 unspecified atom stereocenters. The first-order valence-corrected chi connectivity index (χ1v) is 11.2. The van der Waals surface area contributed by atoms with Crippen LogP contribution in [0, 0.1) is 0 Å². The summed E-state index contributed by atoms with van der Waals surface area (Å²) in [5.74, 6) is 1.84. The number of imidazole rings is 1. The highest BCUT2D eigenvalue weighted by atomic mass is 35.5. The number of esters is 1. The van der Waals surface area contributed by atoms with E-state index in [1.807, 2.05) is 47.2 Å². The molecule has 2 atom stereocenters. The number of fused-ring (bicyclic) bond motifs is 3. The lowest BCUT2D eigenvalue weighted by Gasteiger charge is -2.23. The molecule has 0 saturated heterocycles. The van der Waals surface area contributed by atoms with E-state index in [1.165, 1.54) is 0 Å². The fraction of sp³-hybridized carbons (Fsp3) is 0.304. The van der Waals surface area contributed by atoms with E-state index < -0.39 is 0 Å². The highest BCUT2D eigenvalue weighted by molar-refractivity contribution is 8.00. The van der Waals surface area contributed by atoms with Gasteiger partial charge in [-0.1, -0.05) is 23.7 Å². The summed E-state index contributed by atoms with van der Waals surface area (Å²) in [4.78, 5) is 17.0. The maximum atomic E-state index is 12.4. The number of methoxy groups -OCH3 is 2. The Balaban J connectivity index is 1.90. The molecule has 0 amide bonds. The van der Waals surface area contributed by atoms with Gasteiger partial charge in [-0.25, -0.2) is 4.98 Å². The minimum atomic E-state index is -0.255. The summed E-state index contributed by atoms with van der Waals surface area (Å²) in [6.45, 7) is 2.15. The molecule has 4 rings (SSSR count). The molecular weight excluding hydrogens is 436 g/mol. The molecule has 0 aliphatic carbocycles. The van der Waals surface area contributed by atoms with Gasteiger partial charge in [-0.05, 0) is 36.8 Å². The topological polar surface area (TPSA) is 62.6 Å². The number of para-hydroxylation sites is 1. The second kappa shape index (κ2) is 9.24. The lowest BCUT2D eigenvalue weighted by Crippen LogP contribution is -2.11. The molecule has 0 N–H and O–H groups in total. The quantitative estimate of drug-likeness (QED) is 0.462. The van der Waals surface area contributed by atoms with Gasteiger partial charge < -0.3 is 18.8 Å². The third-order valence-corrected chi connectivity index (χ3v) is 6.88. The molecule has 0 spiro atoms. The van der Waals surface area contributed by atoms with Crippen LogP contribution in [0.2, 0.25) is 5.02 Å². The third-order valence-electron chi connectivity index (χ3n) is 5.16. The molecule has 1 aliphatic rings. The van der Waals surface area contributed by atoms with Crippen LogP contribution in [0.25, 0.3) is 5.69 Å². The van der Waals surface area contributed by atoms with Crippen LogP contribution in [0.15, 0.2) is 48.8 Å². The van der Waals surface area contributed by atoms with E-state index in [9.17, 15) is 4.79 Å². The molecule has 1 aromatic heterocycles. The third kappa shape index (κ3) is 4.12. The largest absolute Gasteiger partial charge is 0.493 e. The molecular formula is C23H23ClN2O4S. The van der Waals surface area contributed by atoms with Crippen molar-refractivity contribution in [2.75, 3.05) is 20.8 Å². The molecule has 1 aliphatic heterocycles. The maximum Gasteiger partial charge on any atom is 0.307 e. The molecule has 6 nitrogen and oxygen atoms in total. The predicted octanol–water partition coefficient (Wildman–Crippen LogP) is 5.37. The van der Waals surface area contributed by atoms with Gasteiger partial charge in [-0.3, -0.25) is 4.79 Å². The number of hydrogen-bond acceptors (Lipinski definition) is 6. The summed E-state index contributed by atoms with van der Waals surface area (Å²) in [7, 11) is 3.24. The first-order chi connectivity index (χ1) is 15.1. The summed E-state index contributed by atoms with van der Waals surface area (Å²) in [6.07, 6.45) is 3.87. The number of rotatable bonds is 6. The molecule has 0 saturated carbocycles. The number of thioether (sulfide) groups is 1. The zero-order chi connectivity index (χ0) is 22.0. The van der Waals surface area contributed by atoms with E-state index in [4.69, 9.17) is 25.8 Å². The van der Waals surface area contributed by atoms with E-state index in [0.717, 1.165) is 22.6 Å². The normalized spacial score (nSPS) is 17.3. The number of carbonyl (C=O) groups is 1. The lowest BCUT2D eigenvalue weighted by molar-refractivity contribution is -0.143. The molecule has 2 heterocycles. The van der Waals surface area contributed by atoms with Gasteiger partial charge in [0.05, 0.1) is 43.4 Å². The van der Waals surface area contributed by atoms with Gasteiger partial charge in [-0.15, -0.1) is 11.8 Å². The molecule has 2 aromatic carbocycles. The van der Waals surface area contributed by atoms with Crippen LogP contribution in [0.3, 0.4) is 0 Å². The molecule has 0 radical (unpaired) electrons. The maximum absolute atomic E-state index is 12.4. The number of halogens is 1. The van der Waals surface area contributed by atoms with E-state index in [-0.39, 0.29) is 22.9 Å². The molecule has 0 fully saturated rings. The van der Waals surface area contributed by atoms with Crippen molar-refractivity contribution in [3.05, 3.63) is 70.8 Å². The lowest BCUT2D eigenvalue weighted by atomic mass is 10.0. The first kappa shape index (κ1) is 21.6. The Morgan fingerprint density at radius 2 is 2.03 bits per heavy atom. The first-order valence-electron chi connectivity index (χ1n) is 9.92. The summed E-state index contributed by atoms with van der Waals surface area (Å²) >= 11 is 8.04. The van der Waals surface area contributed by atoms with Crippen molar-refractivity contribution < 1.29 is 19.0 Å². The average molecular weight is 459 g/mol. The fourth-order valence-electron chi connectivity index (χ4n) is 3.88. The average Bonchev–Trinajstić information content (AvgIpc) is 3.21. The Morgan fingerprint density at radius 3 is 2.77 bits per heavy atom. The van der Waals surface area contributed by atoms with E-state index >= 15 is 0 Å². The number of benzene rings is 2. The molecule has 0 bridgehead atoms. The van der Waals surface area contributed by atoms with Crippen molar-refractivity contribution in [3.63, 3.8) is 0 Å². The van der Waals surface area contributed by atoms with E-state index in [1.54, 1.807) is 39.1 Å². The SMILES string of the molecule is CCOC(=O)C[C@H]1S[C@H](c2cccc(OC)c2OC)c2cc(Cl)ccc2-n2ccnc21. The number of nitrogens with zero attached hydrogens (tertiary/aromatic N) is 2. The van der Waals surface area contributed by atoms with Crippen LogP contribution in [-0.4, -0.2) is 36.3 Å². The van der Waals surface area contributed by atoms with Crippen LogP contribution in [0.1, 0.15) is 40.8 Å². The van der Waals surface area contributed by atoms with Gasteiger partial charge in [0.25, 0.3) is 0 Å². The minimum absolute atomic E-state index is 0.167. The van der Waals surface area contributed by atoms with Crippen LogP contribution in [0.5, 0.6) is 11.5 Å².